The number of nitrogens with one attached hydrogen (secondary N) is 1. The Bertz CT molecular complexity index is 960. The summed E-state index contributed by atoms with van der Waals surface area (Å²) in [6.45, 7) is 17.7. The Hall–Kier alpha value is -3.33. The van der Waals surface area contributed by atoms with Crippen LogP contribution in [0.25, 0.3) is 9.69 Å². The fraction of sp³-hybridized carbons (Fsp3) is 0.524. The average molecular weight is 411 g/mol. The van der Waals surface area contributed by atoms with E-state index in [1.165, 1.54) is 17.9 Å². The third-order valence-electron chi connectivity index (χ3n) is 6.44. The van der Waals surface area contributed by atoms with Crippen molar-refractivity contribution in [3.8, 4) is 0 Å². The lowest BCUT2D eigenvalue weighted by molar-refractivity contribution is -0.119. The van der Waals surface area contributed by atoms with Gasteiger partial charge in [0.1, 0.15) is 23.8 Å². The minimum absolute atomic E-state index is 0.209. The van der Waals surface area contributed by atoms with Crippen LogP contribution in [0.2, 0.25) is 0 Å². The summed E-state index contributed by atoms with van der Waals surface area (Å²) in [5, 5.41) is 2.61. The second-order valence-electron chi connectivity index (χ2n) is 8.17. The Morgan fingerprint density at radius 1 is 1.33 bits per heavy atom. The van der Waals surface area contributed by atoms with Crippen LogP contribution < -0.4 is 15.1 Å². The summed E-state index contributed by atoms with van der Waals surface area (Å²) in [5.74, 6) is -0.640. The van der Waals surface area contributed by atoms with Crippen molar-refractivity contribution in [2.24, 2.45) is 5.41 Å². The maximum absolute atomic E-state index is 14.9. The van der Waals surface area contributed by atoms with Crippen molar-refractivity contribution in [1.29, 1.82) is 0 Å². The Morgan fingerprint density at radius 2 is 2.03 bits per heavy atom. The highest BCUT2D eigenvalue weighted by Gasteiger charge is 2.83. The van der Waals surface area contributed by atoms with Crippen molar-refractivity contribution in [3.05, 3.63) is 46.9 Å². The number of carbonyl (C=O) groups excluding carboxylic acids is 2. The molecule has 0 unspecified atom stereocenters. The third-order valence-corrected chi connectivity index (χ3v) is 6.44. The number of piperidine rings is 1. The van der Waals surface area contributed by atoms with E-state index in [1.54, 1.807) is 12.1 Å². The first kappa shape index (κ1) is 20.0. The number of hydrogen-bond acceptors (Lipinski definition) is 4. The van der Waals surface area contributed by atoms with Gasteiger partial charge in [0.2, 0.25) is 5.91 Å². The molecule has 2 saturated heterocycles. The predicted molar refractivity (Wildman–Crippen MR) is 107 cm³/mol. The number of anilines is 2. The lowest BCUT2D eigenvalue weighted by Crippen LogP contribution is -2.37. The van der Waals surface area contributed by atoms with Crippen LogP contribution in [0.1, 0.15) is 26.2 Å². The molecule has 9 heteroatoms. The molecular formula is C21H22FN5O3. The van der Waals surface area contributed by atoms with Gasteiger partial charge in [0.15, 0.2) is 0 Å². The number of rotatable bonds is 4. The molecule has 8 nitrogen and oxygen atoms in total. The van der Waals surface area contributed by atoms with E-state index in [0.717, 1.165) is 0 Å². The van der Waals surface area contributed by atoms with Crippen molar-refractivity contribution in [3.63, 3.8) is 0 Å². The second-order valence-corrected chi connectivity index (χ2v) is 8.17. The molecule has 1 N–H and O–H groups in total. The SMILES string of the molecule is [C-]#[N+]C1([N+]#[C-])CC12CCN(c1ccc(N3C[C@H](CNC(C)=O)OC3=O)cc1F)CC2. The van der Waals surface area contributed by atoms with Crippen LogP contribution in [-0.2, 0) is 9.53 Å². The summed E-state index contributed by atoms with van der Waals surface area (Å²) < 4.78 is 20.1. The molecule has 4 rings (SSSR count). The minimum atomic E-state index is -0.911. The Balaban J connectivity index is 1.41. The first-order valence-electron chi connectivity index (χ1n) is 9.87. The number of nitrogens with zero attached hydrogens (tertiary/aromatic N) is 4. The number of ether oxygens (including phenoxy) is 1. The summed E-state index contributed by atoms with van der Waals surface area (Å²) in [6.07, 6.45) is 0.954. The molecule has 156 valence electrons. The molecule has 0 aromatic heterocycles. The largest absolute Gasteiger partial charge is 0.489 e. The quantitative estimate of drug-likeness (QED) is 0.774. The van der Waals surface area contributed by atoms with E-state index < -0.39 is 23.7 Å². The van der Waals surface area contributed by atoms with Crippen LogP contribution in [0, 0.1) is 24.4 Å². The Kier molecular flexibility index (Phi) is 4.77. The Labute approximate surface area is 174 Å². The van der Waals surface area contributed by atoms with E-state index in [4.69, 9.17) is 17.9 Å². The van der Waals surface area contributed by atoms with Gasteiger partial charge >= 0.3 is 11.8 Å². The predicted octanol–water partition coefficient (Wildman–Crippen LogP) is 2.81. The normalized spacial score (nSPS) is 23.5. The number of benzene rings is 1. The molecular weight excluding hydrogens is 389 g/mol. The van der Waals surface area contributed by atoms with Crippen molar-refractivity contribution in [1.82, 2.24) is 5.32 Å². The van der Waals surface area contributed by atoms with Crippen LogP contribution in [0.3, 0.4) is 0 Å². The van der Waals surface area contributed by atoms with E-state index in [1.807, 2.05) is 4.90 Å². The molecule has 2 heterocycles. The van der Waals surface area contributed by atoms with Gasteiger partial charge in [0, 0.05) is 20.0 Å². The molecule has 3 aliphatic rings. The summed E-state index contributed by atoms with van der Waals surface area (Å²) in [4.78, 5) is 33.6. The zero-order valence-corrected chi connectivity index (χ0v) is 16.7. The summed E-state index contributed by atoms with van der Waals surface area (Å²) in [6, 6.07) is 4.66. The summed E-state index contributed by atoms with van der Waals surface area (Å²) in [7, 11) is 0. The molecule has 0 bridgehead atoms. The average Bonchev–Trinajstić information content (AvgIpc) is 3.19. The lowest BCUT2D eigenvalue weighted by Gasteiger charge is -2.32. The molecule has 1 aliphatic carbocycles. The van der Waals surface area contributed by atoms with Gasteiger partial charge in [-0.05, 0) is 31.0 Å². The van der Waals surface area contributed by atoms with Gasteiger partial charge in [0.05, 0.1) is 24.5 Å². The molecule has 2 amide bonds. The third kappa shape index (κ3) is 3.21. The van der Waals surface area contributed by atoms with Gasteiger partial charge < -0.3 is 15.0 Å². The first-order chi connectivity index (χ1) is 14.3. The zero-order valence-electron chi connectivity index (χ0n) is 16.7. The molecule has 0 radical (unpaired) electrons. The van der Waals surface area contributed by atoms with Gasteiger partial charge in [-0.25, -0.2) is 32.0 Å². The molecule has 2 aliphatic heterocycles. The number of carbonyl (C=O) groups is 2. The maximum Gasteiger partial charge on any atom is 0.489 e. The van der Waals surface area contributed by atoms with Crippen molar-refractivity contribution < 1.29 is 18.7 Å². The van der Waals surface area contributed by atoms with Crippen molar-refractivity contribution in [2.45, 2.75) is 38.0 Å². The maximum atomic E-state index is 14.9. The van der Waals surface area contributed by atoms with E-state index in [2.05, 4.69) is 15.0 Å². The number of hydrogen-bond donors (Lipinski definition) is 1. The highest BCUT2D eigenvalue weighted by molar-refractivity contribution is 5.90. The first-order valence-corrected chi connectivity index (χ1v) is 9.87. The highest BCUT2D eigenvalue weighted by atomic mass is 19.1. The fourth-order valence-electron chi connectivity index (χ4n) is 4.54. The molecule has 1 saturated carbocycles. The summed E-state index contributed by atoms with van der Waals surface area (Å²) >= 11 is 0. The minimum Gasteiger partial charge on any atom is -0.442 e. The van der Waals surface area contributed by atoms with Crippen LogP contribution in [0.15, 0.2) is 18.2 Å². The van der Waals surface area contributed by atoms with Crippen LogP contribution in [0.5, 0.6) is 0 Å². The van der Waals surface area contributed by atoms with E-state index in [0.29, 0.717) is 43.7 Å². The number of halogens is 1. The van der Waals surface area contributed by atoms with Gasteiger partial charge in [-0.3, -0.25) is 9.69 Å². The molecule has 30 heavy (non-hydrogen) atoms. The molecule has 1 atom stereocenters. The van der Waals surface area contributed by atoms with Crippen LogP contribution >= 0.6 is 0 Å². The lowest BCUT2D eigenvalue weighted by atomic mass is 9.90. The van der Waals surface area contributed by atoms with Crippen LogP contribution in [0.4, 0.5) is 20.6 Å². The standard InChI is InChI=1S/C21H22FN5O3/c1-14(28)25-11-16-12-27(19(29)30-16)15-4-5-18(17(22)10-15)26-8-6-20(7-9-26)13-21(20,23-2)24-3/h4-5,10,16H,6-9,11-13H2,1H3,(H,25,28)/t16-/m0/s1. The second kappa shape index (κ2) is 7.17. The van der Waals surface area contributed by atoms with E-state index in [9.17, 15) is 14.0 Å². The van der Waals surface area contributed by atoms with Gasteiger partial charge in [-0.2, -0.15) is 0 Å². The smallest absolute Gasteiger partial charge is 0.442 e. The molecule has 1 aromatic rings. The number of cyclic esters (lactones) is 1. The van der Waals surface area contributed by atoms with E-state index in [-0.39, 0.29) is 24.4 Å². The fourth-order valence-corrected chi connectivity index (χ4v) is 4.54. The topological polar surface area (TPSA) is 70.6 Å². The summed E-state index contributed by atoms with van der Waals surface area (Å²) in [5.41, 5.74) is -0.299. The van der Waals surface area contributed by atoms with Crippen molar-refractivity contribution >= 4 is 23.4 Å². The molecule has 3 fully saturated rings. The Morgan fingerprint density at radius 3 is 2.60 bits per heavy atom. The molecule has 1 spiro atoms. The van der Waals surface area contributed by atoms with Crippen LogP contribution in [-0.4, -0.2) is 49.9 Å². The van der Waals surface area contributed by atoms with Gasteiger partial charge in [-0.15, -0.1) is 0 Å². The monoisotopic (exact) mass is 411 g/mol. The van der Waals surface area contributed by atoms with Gasteiger partial charge in [0.25, 0.3) is 0 Å². The zero-order chi connectivity index (χ0) is 21.5. The van der Waals surface area contributed by atoms with Gasteiger partial charge in [-0.1, -0.05) is 0 Å². The van der Waals surface area contributed by atoms with E-state index >= 15 is 0 Å². The highest BCUT2D eigenvalue weighted by Crippen LogP contribution is 2.66. The number of amides is 2. The molecule has 1 aromatic carbocycles. The van der Waals surface area contributed by atoms with Crippen molar-refractivity contribution in [2.75, 3.05) is 36.0 Å².